The second-order valence-electron chi connectivity index (χ2n) is 6.31. The second-order valence-corrected chi connectivity index (χ2v) is 6.74. The highest BCUT2D eigenvalue weighted by atomic mass is 35.5. The molecule has 0 unspecified atom stereocenters. The van der Waals surface area contributed by atoms with Gasteiger partial charge in [0.05, 0.1) is 11.9 Å². The highest BCUT2D eigenvalue weighted by molar-refractivity contribution is 6.31. The van der Waals surface area contributed by atoms with E-state index in [-0.39, 0.29) is 18.1 Å². The number of unbranched alkanes of at least 4 members (excludes halogenated alkanes) is 1. The van der Waals surface area contributed by atoms with Gasteiger partial charge in [-0.25, -0.2) is 4.39 Å². The van der Waals surface area contributed by atoms with Crippen LogP contribution < -0.4 is 10.6 Å². The molecule has 2 N–H and O–H groups in total. The van der Waals surface area contributed by atoms with Crippen molar-refractivity contribution in [3.8, 4) is 0 Å². The molecule has 0 aliphatic heterocycles. The smallest absolute Gasteiger partial charge is 0.224 e. The average molecular weight is 386 g/mol. The summed E-state index contributed by atoms with van der Waals surface area (Å²) in [6, 6.07) is 13.6. The van der Waals surface area contributed by atoms with Gasteiger partial charge in [-0.3, -0.25) is 9.78 Å². The summed E-state index contributed by atoms with van der Waals surface area (Å²) in [4.78, 5) is 16.2. The van der Waals surface area contributed by atoms with Crippen molar-refractivity contribution < 1.29 is 9.18 Å². The van der Waals surface area contributed by atoms with E-state index in [2.05, 4.69) is 15.6 Å². The number of nitrogens with zero attached hydrogens (tertiary/aromatic N) is 1. The molecular weight excluding hydrogens is 365 g/mol. The Hall–Kier alpha value is -2.66. The number of carbonyl (C=O) groups is 1. The third-order valence-electron chi connectivity index (χ3n) is 4.22. The molecular formula is C21H21ClFN3O. The SMILES string of the molecule is O=C(Cc1ccc(F)cc1)NCCCCNc1ccnc2cc(Cl)ccc12. The van der Waals surface area contributed by atoms with Crippen molar-refractivity contribution in [1.82, 2.24) is 10.3 Å². The topological polar surface area (TPSA) is 54.0 Å². The Morgan fingerprint density at radius 1 is 1.04 bits per heavy atom. The maximum Gasteiger partial charge on any atom is 0.224 e. The van der Waals surface area contributed by atoms with Gasteiger partial charge in [0.1, 0.15) is 5.82 Å². The Balaban J connectivity index is 1.37. The molecule has 6 heteroatoms. The van der Waals surface area contributed by atoms with Gasteiger partial charge >= 0.3 is 0 Å². The van der Waals surface area contributed by atoms with Crippen LogP contribution in [0.15, 0.2) is 54.7 Å². The van der Waals surface area contributed by atoms with Crippen molar-refractivity contribution in [2.75, 3.05) is 18.4 Å². The number of amides is 1. The number of aromatic nitrogens is 1. The summed E-state index contributed by atoms with van der Waals surface area (Å²) in [6.45, 7) is 1.42. The van der Waals surface area contributed by atoms with E-state index in [0.717, 1.165) is 41.5 Å². The quantitative estimate of drug-likeness (QED) is 0.558. The number of carbonyl (C=O) groups excluding carboxylic acids is 1. The fourth-order valence-corrected chi connectivity index (χ4v) is 2.99. The minimum Gasteiger partial charge on any atom is -0.384 e. The predicted octanol–water partition coefficient (Wildman–Crippen LogP) is 4.58. The van der Waals surface area contributed by atoms with E-state index in [9.17, 15) is 9.18 Å². The van der Waals surface area contributed by atoms with Gasteiger partial charge in [0.2, 0.25) is 5.91 Å². The Kier molecular flexibility index (Phi) is 6.60. The van der Waals surface area contributed by atoms with Crippen molar-refractivity contribution in [2.24, 2.45) is 0 Å². The number of halogens is 2. The van der Waals surface area contributed by atoms with Crippen LogP contribution in [0.5, 0.6) is 0 Å². The lowest BCUT2D eigenvalue weighted by Gasteiger charge is -2.10. The van der Waals surface area contributed by atoms with E-state index in [0.29, 0.717) is 11.6 Å². The highest BCUT2D eigenvalue weighted by Gasteiger charge is 2.04. The first-order valence-corrected chi connectivity index (χ1v) is 9.29. The maximum absolute atomic E-state index is 12.9. The molecule has 0 aliphatic rings. The molecule has 0 spiro atoms. The van der Waals surface area contributed by atoms with Crippen LogP contribution in [0.2, 0.25) is 5.02 Å². The molecule has 140 valence electrons. The molecule has 0 atom stereocenters. The summed E-state index contributed by atoms with van der Waals surface area (Å²) in [5, 5.41) is 8.01. The number of hydrogen-bond donors (Lipinski definition) is 2. The predicted molar refractivity (Wildman–Crippen MR) is 108 cm³/mol. The lowest BCUT2D eigenvalue weighted by atomic mass is 10.1. The zero-order chi connectivity index (χ0) is 19.1. The molecule has 0 aliphatic carbocycles. The van der Waals surface area contributed by atoms with Crippen molar-refractivity contribution >= 4 is 34.1 Å². The Labute approximate surface area is 162 Å². The Morgan fingerprint density at radius 3 is 2.63 bits per heavy atom. The van der Waals surface area contributed by atoms with Gasteiger partial charge in [-0.15, -0.1) is 0 Å². The van der Waals surface area contributed by atoms with Crippen LogP contribution in [0.25, 0.3) is 10.9 Å². The van der Waals surface area contributed by atoms with Crippen LogP contribution >= 0.6 is 11.6 Å². The summed E-state index contributed by atoms with van der Waals surface area (Å²) >= 11 is 6.00. The van der Waals surface area contributed by atoms with Gasteiger partial charge in [0, 0.05) is 35.4 Å². The van der Waals surface area contributed by atoms with E-state index < -0.39 is 0 Å². The maximum atomic E-state index is 12.9. The minimum atomic E-state index is -0.295. The zero-order valence-electron chi connectivity index (χ0n) is 14.8. The largest absolute Gasteiger partial charge is 0.384 e. The summed E-state index contributed by atoms with van der Waals surface area (Å²) in [5.74, 6) is -0.344. The molecule has 2 aromatic carbocycles. The second kappa shape index (κ2) is 9.33. The van der Waals surface area contributed by atoms with Gasteiger partial charge in [-0.05, 0) is 54.8 Å². The Bertz CT molecular complexity index is 915. The molecule has 0 bridgehead atoms. The third-order valence-corrected chi connectivity index (χ3v) is 4.46. The average Bonchev–Trinajstić information content (AvgIpc) is 2.66. The van der Waals surface area contributed by atoms with Crippen LogP contribution in [0.4, 0.5) is 10.1 Å². The summed E-state index contributed by atoms with van der Waals surface area (Å²) in [6.07, 6.45) is 3.83. The van der Waals surface area contributed by atoms with Crippen molar-refractivity contribution in [3.05, 3.63) is 71.1 Å². The molecule has 0 fully saturated rings. The normalized spacial score (nSPS) is 10.7. The van der Waals surface area contributed by atoms with Crippen molar-refractivity contribution in [1.29, 1.82) is 0 Å². The monoisotopic (exact) mass is 385 g/mol. The van der Waals surface area contributed by atoms with Crippen LogP contribution in [-0.2, 0) is 11.2 Å². The minimum absolute atomic E-state index is 0.0495. The van der Waals surface area contributed by atoms with Crippen LogP contribution in [-0.4, -0.2) is 24.0 Å². The molecule has 4 nitrogen and oxygen atoms in total. The first-order chi connectivity index (χ1) is 13.1. The standard InChI is InChI=1S/C21H21ClFN3O/c22-16-5-8-18-19(9-12-25-20(18)14-16)24-10-1-2-11-26-21(27)13-15-3-6-17(23)7-4-15/h3-9,12,14H,1-2,10-11,13H2,(H,24,25)(H,26,27). The van der Waals surface area contributed by atoms with Gasteiger partial charge in [0.15, 0.2) is 0 Å². The van der Waals surface area contributed by atoms with E-state index >= 15 is 0 Å². The number of rotatable bonds is 8. The molecule has 0 saturated carbocycles. The number of anilines is 1. The van der Waals surface area contributed by atoms with Crippen LogP contribution in [0.1, 0.15) is 18.4 Å². The van der Waals surface area contributed by atoms with Crippen LogP contribution in [0, 0.1) is 5.82 Å². The van der Waals surface area contributed by atoms with E-state index in [1.807, 2.05) is 24.3 Å². The molecule has 0 saturated heterocycles. The molecule has 27 heavy (non-hydrogen) atoms. The third kappa shape index (κ3) is 5.66. The lowest BCUT2D eigenvalue weighted by molar-refractivity contribution is -0.120. The van der Waals surface area contributed by atoms with E-state index in [4.69, 9.17) is 11.6 Å². The zero-order valence-corrected chi connectivity index (χ0v) is 15.6. The summed E-state index contributed by atoms with van der Waals surface area (Å²) in [5.41, 5.74) is 2.69. The van der Waals surface area contributed by atoms with Gasteiger partial charge in [0.25, 0.3) is 0 Å². The molecule has 3 aromatic rings. The van der Waals surface area contributed by atoms with Gasteiger partial charge in [-0.2, -0.15) is 0 Å². The number of pyridine rings is 1. The fraction of sp³-hybridized carbons (Fsp3) is 0.238. The molecule has 3 rings (SSSR count). The van der Waals surface area contributed by atoms with E-state index in [1.165, 1.54) is 12.1 Å². The van der Waals surface area contributed by atoms with Gasteiger partial charge in [-0.1, -0.05) is 23.7 Å². The first kappa shape index (κ1) is 19.1. The molecule has 1 amide bonds. The van der Waals surface area contributed by atoms with Crippen molar-refractivity contribution in [3.63, 3.8) is 0 Å². The summed E-state index contributed by atoms with van der Waals surface area (Å²) < 4.78 is 12.9. The molecule has 1 aromatic heterocycles. The van der Waals surface area contributed by atoms with E-state index in [1.54, 1.807) is 18.3 Å². The Morgan fingerprint density at radius 2 is 1.81 bits per heavy atom. The number of fused-ring (bicyclic) bond motifs is 1. The van der Waals surface area contributed by atoms with Gasteiger partial charge < -0.3 is 10.6 Å². The highest BCUT2D eigenvalue weighted by Crippen LogP contribution is 2.24. The number of hydrogen-bond acceptors (Lipinski definition) is 3. The van der Waals surface area contributed by atoms with Crippen LogP contribution in [0.3, 0.4) is 0 Å². The molecule has 0 radical (unpaired) electrons. The lowest BCUT2D eigenvalue weighted by Crippen LogP contribution is -2.26. The van der Waals surface area contributed by atoms with Crippen molar-refractivity contribution in [2.45, 2.75) is 19.3 Å². The fourth-order valence-electron chi connectivity index (χ4n) is 2.83. The summed E-state index contributed by atoms with van der Waals surface area (Å²) in [7, 11) is 0. The molecule has 1 heterocycles. The number of nitrogens with one attached hydrogen (secondary N) is 2. The first-order valence-electron chi connectivity index (χ1n) is 8.91. The number of benzene rings is 2.